The lowest BCUT2D eigenvalue weighted by molar-refractivity contribution is 0.648. The molecule has 0 aliphatic heterocycles. The summed E-state index contributed by atoms with van der Waals surface area (Å²) < 4.78 is 1.29. The van der Waals surface area contributed by atoms with Gasteiger partial charge in [-0.2, -0.15) is 0 Å². The summed E-state index contributed by atoms with van der Waals surface area (Å²) in [4.78, 5) is 4.67. The lowest BCUT2D eigenvalue weighted by atomic mass is 10.1. The van der Waals surface area contributed by atoms with Gasteiger partial charge in [-0.1, -0.05) is 42.0 Å². The molecule has 21 heavy (non-hydrogen) atoms. The fraction of sp³-hybridized carbons (Fsp3) is 0.278. The number of aromatic nitrogens is 1. The Labute approximate surface area is 129 Å². The molecule has 0 fully saturated rings. The van der Waals surface area contributed by atoms with Crippen LogP contribution < -0.4 is 5.32 Å². The van der Waals surface area contributed by atoms with Crippen LogP contribution in [-0.2, 0) is 13.0 Å². The molecule has 0 aliphatic rings. The second kappa shape index (κ2) is 6.83. The summed E-state index contributed by atoms with van der Waals surface area (Å²) in [6, 6.07) is 17.0. The zero-order valence-corrected chi connectivity index (χ0v) is 13.1. The third-order valence-corrected chi connectivity index (χ3v) is 4.59. The van der Waals surface area contributed by atoms with Crippen molar-refractivity contribution < 1.29 is 0 Å². The van der Waals surface area contributed by atoms with Gasteiger partial charge in [-0.25, -0.2) is 4.98 Å². The zero-order valence-electron chi connectivity index (χ0n) is 12.3. The van der Waals surface area contributed by atoms with Crippen LogP contribution in [0.4, 0.5) is 0 Å². The topological polar surface area (TPSA) is 24.9 Å². The number of benzene rings is 2. The highest BCUT2D eigenvalue weighted by Crippen LogP contribution is 2.22. The van der Waals surface area contributed by atoms with Gasteiger partial charge in [-0.05, 0) is 37.6 Å². The van der Waals surface area contributed by atoms with Crippen molar-refractivity contribution in [2.24, 2.45) is 0 Å². The second-order valence-electron chi connectivity index (χ2n) is 5.34. The summed E-state index contributed by atoms with van der Waals surface area (Å²) in [5, 5.41) is 4.75. The van der Waals surface area contributed by atoms with E-state index in [2.05, 4.69) is 65.8 Å². The van der Waals surface area contributed by atoms with Gasteiger partial charge in [0.15, 0.2) is 0 Å². The third-order valence-electron chi connectivity index (χ3n) is 3.49. The van der Waals surface area contributed by atoms with Crippen LogP contribution in [0.1, 0.15) is 22.6 Å². The van der Waals surface area contributed by atoms with Crippen molar-refractivity contribution >= 4 is 21.6 Å². The SMILES string of the molecule is Cc1cccc(CNCCCc2nc3ccccc3s2)c1. The number of rotatable bonds is 6. The van der Waals surface area contributed by atoms with Crippen molar-refractivity contribution in [1.82, 2.24) is 10.3 Å². The molecule has 0 aliphatic carbocycles. The van der Waals surface area contributed by atoms with Gasteiger partial charge >= 0.3 is 0 Å². The first-order valence-electron chi connectivity index (χ1n) is 7.42. The van der Waals surface area contributed by atoms with Gasteiger partial charge in [0.2, 0.25) is 0 Å². The minimum Gasteiger partial charge on any atom is -0.313 e. The molecule has 0 unspecified atom stereocenters. The third kappa shape index (κ3) is 3.90. The number of nitrogens with zero attached hydrogens (tertiary/aromatic N) is 1. The fourth-order valence-corrected chi connectivity index (χ4v) is 3.46. The molecular weight excluding hydrogens is 276 g/mol. The standard InChI is InChI=1S/C18H20N2S/c1-14-6-4-7-15(12-14)13-19-11-5-10-18-20-16-8-2-3-9-17(16)21-18/h2-4,6-9,12,19H,5,10-11,13H2,1H3. The fourth-order valence-electron chi connectivity index (χ4n) is 2.45. The van der Waals surface area contributed by atoms with E-state index in [0.717, 1.165) is 31.4 Å². The molecule has 2 aromatic carbocycles. The lowest BCUT2D eigenvalue weighted by Gasteiger charge is -2.05. The van der Waals surface area contributed by atoms with Gasteiger partial charge in [0.05, 0.1) is 15.2 Å². The molecular formula is C18H20N2S. The van der Waals surface area contributed by atoms with Gasteiger partial charge in [0, 0.05) is 13.0 Å². The predicted octanol–water partition coefficient (Wildman–Crippen LogP) is 4.33. The number of hydrogen-bond donors (Lipinski definition) is 1. The monoisotopic (exact) mass is 296 g/mol. The Kier molecular flexibility index (Phi) is 4.63. The minimum atomic E-state index is 0.946. The Balaban J connectivity index is 1.44. The van der Waals surface area contributed by atoms with E-state index in [0.29, 0.717) is 0 Å². The Bertz CT molecular complexity index is 685. The quantitative estimate of drug-likeness (QED) is 0.685. The van der Waals surface area contributed by atoms with Crippen LogP contribution in [0.25, 0.3) is 10.2 Å². The average Bonchev–Trinajstić information content (AvgIpc) is 2.89. The van der Waals surface area contributed by atoms with E-state index in [1.165, 1.54) is 20.8 Å². The zero-order chi connectivity index (χ0) is 14.5. The molecule has 0 saturated carbocycles. The molecule has 0 saturated heterocycles. The Morgan fingerprint density at radius 1 is 1.10 bits per heavy atom. The molecule has 1 N–H and O–H groups in total. The Morgan fingerprint density at radius 2 is 2.00 bits per heavy atom. The number of para-hydroxylation sites is 1. The molecule has 3 rings (SSSR count). The molecule has 1 heterocycles. The van der Waals surface area contributed by atoms with Crippen molar-refractivity contribution in [3.63, 3.8) is 0 Å². The van der Waals surface area contributed by atoms with Gasteiger partial charge in [-0.15, -0.1) is 11.3 Å². The van der Waals surface area contributed by atoms with Crippen molar-refractivity contribution in [2.45, 2.75) is 26.3 Å². The highest BCUT2D eigenvalue weighted by Gasteiger charge is 2.02. The molecule has 0 radical (unpaired) electrons. The molecule has 3 heteroatoms. The molecule has 108 valence electrons. The minimum absolute atomic E-state index is 0.946. The van der Waals surface area contributed by atoms with Crippen LogP contribution in [0.3, 0.4) is 0 Å². The predicted molar refractivity (Wildman–Crippen MR) is 90.8 cm³/mol. The Hall–Kier alpha value is -1.71. The first-order chi connectivity index (χ1) is 10.3. The van der Waals surface area contributed by atoms with E-state index in [1.807, 2.05) is 11.3 Å². The average molecular weight is 296 g/mol. The molecule has 2 nitrogen and oxygen atoms in total. The summed E-state index contributed by atoms with van der Waals surface area (Å²) in [6.07, 6.45) is 2.19. The Morgan fingerprint density at radius 3 is 2.86 bits per heavy atom. The highest BCUT2D eigenvalue weighted by molar-refractivity contribution is 7.18. The van der Waals surface area contributed by atoms with E-state index >= 15 is 0 Å². The second-order valence-corrected chi connectivity index (χ2v) is 6.46. The molecule has 0 spiro atoms. The van der Waals surface area contributed by atoms with Crippen LogP contribution in [0.15, 0.2) is 48.5 Å². The van der Waals surface area contributed by atoms with Gasteiger partial charge < -0.3 is 5.32 Å². The maximum Gasteiger partial charge on any atom is 0.0939 e. The van der Waals surface area contributed by atoms with Gasteiger partial charge in [-0.3, -0.25) is 0 Å². The normalized spacial score (nSPS) is 11.1. The van der Waals surface area contributed by atoms with Gasteiger partial charge in [0.1, 0.15) is 0 Å². The van der Waals surface area contributed by atoms with Crippen LogP contribution in [0, 0.1) is 6.92 Å². The number of thiazole rings is 1. The lowest BCUT2D eigenvalue weighted by Crippen LogP contribution is -2.15. The van der Waals surface area contributed by atoms with E-state index in [1.54, 1.807) is 0 Å². The molecule has 0 amide bonds. The first-order valence-corrected chi connectivity index (χ1v) is 8.23. The van der Waals surface area contributed by atoms with Crippen molar-refractivity contribution in [2.75, 3.05) is 6.54 Å². The highest BCUT2D eigenvalue weighted by atomic mass is 32.1. The summed E-state index contributed by atoms with van der Waals surface area (Å²) in [6.45, 7) is 4.11. The van der Waals surface area contributed by atoms with E-state index in [9.17, 15) is 0 Å². The summed E-state index contributed by atoms with van der Waals surface area (Å²) >= 11 is 1.81. The molecule has 0 bridgehead atoms. The number of hydrogen-bond acceptors (Lipinski definition) is 3. The van der Waals surface area contributed by atoms with Crippen molar-refractivity contribution in [3.8, 4) is 0 Å². The van der Waals surface area contributed by atoms with Crippen molar-refractivity contribution in [3.05, 3.63) is 64.7 Å². The van der Waals surface area contributed by atoms with Crippen LogP contribution in [0.2, 0.25) is 0 Å². The maximum atomic E-state index is 4.67. The summed E-state index contributed by atoms with van der Waals surface area (Å²) in [7, 11) is 0. The van der Waals surface area contributed by atoms with Crippen LogP contribution >= 0.6 is 11.3 Å². The van der Waals surface area contributed by atoms with E-state index in [4.69, 9.17) is 0 Å². The smallest absolute Gasteiger partial charge is 0.0939 e. The largest absolute Gasteiger partial charge is 0.313 e. The number of fused-ring (bicyclic) bond motifs is 1. The molecule has 3 aromatic rings. The number of aryl methyl sites for hydroxylation is 2. The molecule has 0 atom stereocenters. The van der Waals surface area contributed by atoms with Crippen LogP contribution in [-0.4, -0.2) is 11.5 Å². The number of nitrogens with one attached hydrogen (secondary N) is 1. The van der Waals surface area contributed by atoms with E-state index in [-0.39, 0.29) is 0 Å². The van der Waals surface area contributed by atoms with Crippen LogP contribution in [0.5, 0.6) is 0 Å². The summed E-state index contributed by atoms with van der Waals surface area (Å²) in [5.41, 5.74) is 3.81. The van der Waals surface area contributed by atoms with Gasteiger partial charge in [0.25, 0.3) is 0 Å². The summed E-state index contributed by atoms with van der Waals surface area (Å²) in [5.74, 6) is 0. The van der Waals surface area contributed by atoms with Crippen molar-refractivity contribution in [1.29, 1.82) is 0 Å². The first kappa shape index (κ1) is 14.2. The molecule has 1 aromatic heterocycles. The van der Waals surface area contributed by atoms with E-state index < -0.39 is 0 Å². The maximum absolute atomic E-state index is 4.67.